The number of hydrogen-bond acceptors (Lipinski definition) is 2. The molecule has 3 heteroatoms. The Kier molecular flexibility index (Phi) is 5.40. The van der Waals surface area contributed by atoms with E-state index in [-0.39, 0.29) is 24.0 Å². The molecule has 1 aromatic carbocycles. The number of amides is 1. The monoisotopic (exact) mass is 263 g/mol. The summed E-state index contributed by atoms with van der Waals surface area (Å²) in [4.78, 5) is 11.6. The number of carbonyl (C=O) groups excluding carboxylic acids is 1. The van der Waals surface area contributed by atoms with Crippen LogP contribution in [0.2, 0.25) is 0 Å². The highest BCUT2D eigenvalue weighted by Gasteiger charge is 2.14. The Balaban J connectivity index is 2.56. The molecular weight excluding hydrogens is 238 g/mol. The molecular formula is C16H25NO2. The van der Waals surface area contributed by atoms with Crippen LogP contribution in [-0.2, 0) is 10.2 Å². The molecule has 0 radical (unpaired) electrons. The second-order valence-electron chi connectivity index (χ2n) is 5.94. The molecule has 1 atom stereocenters. The molecule has 0 bridgehead atoms. The van der Waals surface area contributed by atoms with Crippen molar-refractivity contribution in [1.29, 1.82) is 0 Å². The average Bonchev–Trinajstić information content (AvgIpc) is 2.35. The summed E-state index contributed by atoms with van der Waals surface area (Å²) in [6.45, 7) is 10.6. The molecule has 19 heavy (non-hydrogen) atoms. The van der Waals surface area contributed by atoms with E-state index in [1.54, 1.807) is 0 Å². The molecule has 0 spiro atoms. The molecule has 1 amide bonds. The Labute approximate surface area is 116 Å². The molecule has 0 aliphatic rings. The number of nitrogens with one attached hydrogen (secondary N) is 1. The molecule has 0 aromatic heterocycles. The van der Waals surface area contributed by atoms with Crippen molar-refractivity contribution >= 4 is 5.91 Å². The first-order valence-electron chi connectivity index (χ1n) is 6.85. The number of benzene rings is 1. The first-order chi connectivity index (χ1) is 8.82. The van der Waals surface area contributed by atoms with Gasteiger partial charge in [0.05, 0.1) is 0 Å². The van der Waals surface area contributed by atoms with Crippen molar-refractivity contribution in [1.82, 2.24) is 5.32 Å². The predicted molar refractivity (Wildman–Crippen MR) is 78.5 cm³/mol. The van der Waals surface area contributed by atoms with Crippen LogP contribution in [-0.4, -0.2) is 18.6 Å². The third-order valence-electron chi connectivity index (χ3n) is 3.09. The SMILES string of the molecule is CCC(C)NC(=O)COc1cccc(C(C)(C)C)c1. The Morgan fingerprint density at radius 1 is 1.37 bits per heavy atom. The highest BCUT2D eigenvalue weighted by atomic mass is 16.5. The van der Waals surface area contributed by atoms with Gasteiger partial charge in [0.1, 0.15) is 5.75 Å². The maximum atomic E-state index is 11.6. The van der Waals surface area contributed by atoms with Crippen molar-refractivity contribution in [2.24, 2.45) is 0 Å². The average molecular weight is 263 g/mol. The fourth-order valence-corrected chi connectivity index (χ4v) is 1.62. The molecule has 0 heterocycles. The summed E-state index contributed by atoms with van der Waals surface area (Å²) >= 11 is 0. The maximum Gasteiger partial charge on any atom is 0.258 e. The van der Waals surface area contributed by atoms with Crippen LogP contribution in [0.3, 0.4) is 0 Å². The smallest absolute Gasteiger partial charge is 0.258 e. The maximum absolute atomic E-state index is 11.6. The molecule has 106 valence electrons. The van der Waals surface area contributed by atoms with Crippen LogP contribution in [0.15, 0.2) is 24.3 Å². The zero-order chi connectivity index (χ0) is 14.5. The summed E-state index contributed by atoms with van der Waals surface area (Å²) < 4.78 is 5.54. The second-order valence-corrected chi connectivity index (χ2v) is 5.94. The van der Waals surface area contributed by atoms with Gasteiger partial charge in [-0.3, -0.25) is 4.79 Å². The van der Waals surface area contributed by atoms with Crippen LogP contribution >= 0.6 is 0 Å². The summed E-state index contributed by atoms with van der Waals surface area (Å²) in [6, 6.07) is 8.11. The summed E-state index contributed by atoms with van der Waals surface area (Å²) in [5, 5.41) is 2.88. The highest BCUT2D eigenvalue weighted by molar-refractivity contribution is 5.77. The Bertz CT molecular complexity index is 421. The van der Waals surface area contributed by atoms with E-state index in [1.165, 1.54) is 5.56 Å². The van der Waals surface area contributed by atoms with Crippen LogP contribution in [0.25, 0.3) is 0 Å². The normalized spacial score (nSPS) is 12.9. The first-order valence-corrected chi connectivity index (χ1v) is 6.85. The molecule has 0 saturated carbocycles. The topological polar surface area (TPSA) is 38.3 Å². The third kappa shape index (κ3) is 5.33. The van der Waals surface area contributed by atoms with E-state index in [9.17, 15) is 4.79 Å². The van der Waals surface area contributed by atoms with Gasteiger partial charge in [-0.05, 0) is 36.5 Å². The molecule has 3 nitrogen and oxygen atoms in total. The molecule has 1 unspecified atom stereocenters. The van der Waals surface area contributed by atoms with E-state index in [0.29, 0.717) is 0 Å². The third-order valence-corrected chi connectivity index (χ3v) is 3.09. The lowest BCUT2D eigenvalue weighted by atomic mass is 9.87. The predicted octanol–water partition coefficient (Wildman–Crippen LogP) is 3.28. The zero-order valence-corrected chi connectivity index (χ0v) is 12.6. The Morgan fingerprint density at radius 2 is 2.05 bits per heavy atom. The van der Waals surface area contributed by atoms with Crippen LogP contribution in [0.5, 0.6) is 5.75 Å². The van der Waals surface area contributed by atoms with E-state index in [4.69, 9.17) is 4.74 Å². The van der Waals surface area contributed by atoms with Gasteiger partial charge in [0, 0.05) is 6.04 Å². The van der Waals surface area contributed by atoms with E-state index < -0.39 is 0 Å². The molecule has 1 N–H and O–H groups in total. The second kappa shape index (κ2) is 6.60. The summed E-state index contributed by atoms with van der Waals surface area (Å²) in [5.74, 6) is 0.669. The van der Waals surface area contributed by atoms with Crippen LogP contribution in [0, 0.1) is 0 Å². The van der Waals surface area contributed by atoms with E-state index >= 15 is 0 Å². The minimum absolute atomic E-state index is 0.0674. The fourth-order valence-electron chi connectivity index (χ4n) is 1.62. The van der Waals surface area contributed by atoms with Crippen molar-refractivity contribution in [3.63, 3.8) is 0 Å². The van der Waals surface area contributed by atoms with E-state index in [2.05, 4.69) is 32.2 Å². The van der Waals surface area contributed by atoms with Gasteiger partial charge in [-0.15, -0.1) is 0 Å². The van der Waals surface area contributed by atoms with E-state index in [0.717, 1.165) is 12.2 Å². The Morgan fingerprint density at radius 3 is 2.63 bits per heavy atom. The van der Waals surface area contributed by atoms with Crippen molar-refractivity contribution in [2.75, 3.05) is 6.61 Å². The summed E-state index contributed by atoms with van der Waals surface area (Å²) in [5.41, 5.74) is 1.28. The zero-order valence-electron chi connectivity index (χ0n) is 12.6. The molecule has 1 rings (SSSR count). The van der Waals surface area contributed by atoms with Crippen molar-refractivity contribution in [3.05, 3.63) is 29.8 Å². The van der Waals surface area contributed by atoms with Crippen molar-refractivity contribution < 1.29 is 9.53 Å². The lowest BCUT2D eigenvalue weighted by Crippen LogP contribution is -2.35. The van der Waals surface area contributed by atoms with Crippen LogP contribution in [0.4, 0.5) is 0 Å². The minimum atomic E-state index is -0.0736. The lowest BCUT2D eigenvalue weighted by molar-refractivity contribution is -0.123. The quantitative estimate of drug-likeness (QED) is 0.885. The Hall–Kier alpha value is -1.51. The largest absolute Gasteiger partial charge is 0.484 e. The highest BCUT2D eigenvalue weighted by Crippen LogP contribution is 2.25. The van der Waals surface area contributed by atoms with Gasteiger partial charge in [0.2, 0.25) is 0 Å². The molecule has 0 saturated heterocycles. The molecule has 0 aliphatic carbocycles. The van der Waals surface area contributed by atoms with E-state index in [1.807, 2.05) is 32.0 Å². The number of rotatable bonds is 5. The number of ether oxygens (including phenoxy) is 1. The van der Waals surface area contributed by atoms with Gasteiger partial charge in [-0.1, -0.05) is 39.8 Å². The molecule has 0 aliphatic heterocycles. The van der Waals surface area contributed by atoms with Crippen LogP contribution < -0.4 is 10.1 Å². The van der Waals surface area contributed by atoms with Gasteiger partial charge < -0.3 is 10.1 Å². The number of hydrogen-bond donors (Lipinski definition) is 1. The van der Waals surface area contributed by atoms with Gasteiger partial charge in [-0.25, -0.2) is 0 Å². The lowest BCUT2D eigenvalue weighted by Gasteiger charge is -2.19. The van der Waals surface area contributed by atoms with Crippen molar-refractivity contribution in [2.45, 2.75) is 52.5 Å². The molecule has 0 fully saturated rings. The van der Waals surface area contributed by atoms with Gasteiger partial charge >= 0.3 is 0 Å². The fraction of sp³-hybridized carbons (Fsp3) is 0.562. The van der Waals surface area contributed by atoms with Crippen LogP contribution in [0.1, 0.15) is 46.6 Å². The van der Waals surface area contributed by atoms with Gasteiger partial charge in [0.15, 0.2) is 6.61 Å². The van der Waals surface area contributed by atoms with Gasteiger partial charge in [0.25, 0.3) is 5.91 Å². The summed E-state index contributed by atoms with van der Waals surface area (Å²) in [6.07, 6.45) is 0.922. The molecule has 1 aromatic rings. The number of carbonyl (C=O) groups is 1. The van der Waals surface area contributed by atoms with Gasteiger partial charge in [-0.2, -0.15) is 0 Å². The minimum Gasteiger partial charge on any atom is -0.484 e. The standard InChI is InChI=1S/C16H25NO2/c1-6-12(2)17-15(18)11-19-14-9-7-8-13(10-14)16(3,4)5/h7-10,12H,6,11H2,1-5H3,(H,17,18). The summed E-state index contributed by atoms with van der Waals surface area (Å²) in [7, 11) is 0. The first kappa shape index (κ1) is 15.5. The van der Waals surface area contributed by atoms with Crippen molar-refractivity contribution in [3.8, 4) is 5.75 Å².